The molecule has 0 bridgehead atoms. The minimum absolute atomic E-state index is 0.104. The topological polar surface area (TPSA) is 73.1 Å². The lowest BCUT2D eigenvalue weighted by atomic mass is 10.1. The number of nitrogens with one attached hydrogen (secondary N) is 1. The molecule has 1 aliphatic heterocycles. The Labute approximate surface area is 183 Å². The Balaban J connectivity index is 1.23. The normalized spacial score (nSPS) is 15.3. The Hall–Kier alpha value is -3.77. The van der Waals surface area contributed by atoms with E-state index in [1.807, 2.05) is 60.7 Å². The van der Waals surface area contributed by atoms with Crippen molar-refractivity contribution in [3.8, 4) is 22.8 Å². The molecule has 0 spiro atoms. The van der Waals surface area contributed by atoms with E-state index < -0.39 is 12.0 Å². The molecule has 31 heavy (non-hydrogen) atoms. The van der Waals surface area contributed by atoms with Crippen LogP contribution in [0.25, 0.3) is 22.1 Å². The molecule has 0 radical (unpaired) electrons. The molecule has 154 valence electrons. The van der Waals surface area contributed by atoms with Crippen molar-refractivity contribution in [3.63, 3.8) is 0 Å². The third kappa shape index (κ3) is 4.11. The molecule has 6 nitrogen and oxygen atoms in total. The number of benzene rings is 3. The SMILES string of the molecule is O=C(N/N=C/c1ccc(-c2cccc(Cl)c2)o1)[C@H]1COc2cc3ccccc3cc2O1. The second-order valence-corrected chi connectivity index (χ2v) is 7.45. The number of hydrogen-bond acceptors (Lipinski definition) is 5. The summed E-state index contributed by atoms with van der Waals surface area (Å²) in [6.07, 6.45) is 0.626. The number of hydrazone groups is 1. The fourth-order valence-electron chi connectivity index (χ4n) is 3.34. The van der Waals surface area contributed by atoms with E-state index in [0.29, 0.717) is 28.0 Å². The van der Waals surface area contributed by atoms with Gasteiger partial charge in [0.05, 0.1) is 6.21 Å². The number of furan rings is 1. The van der Waals surface area contributed by atoms with E-state index in [0.717, 1.165) is 16.3 Å². The Kier molecular flexibility index (Phi) is 5.06. The zero-order valence-electron chi connectivity index (χ0n) is 16.2. The van der Waals surface area contributed by atoms with E-state index in [-0.39, 0.29) is 6.61 Å². The molecule has 1 N–H and O–H groups in total. The average molecular weight is 433 g/mol. The zero-order chi connectivity index (χ0) is 21.2. The largest absolute Gasteiger partial charge is 0.485 e. The fourth-order valence-corrected chi connectivity index (χ4v) is 3.53. The summed E-state index contributed by atoms with van der Waals surface area (Å²) in [5.41, 5.74) is 3.33. The zero-order valence-corrected chi connectivity index (χ0v) is 17.0. The Morgan fingerprint density at radius 1 is 1.00 bits per heavy atom. The lowest BCUT2D eigenvalue weighted by molar-refractivity contribution is -0.130. The third-order valence-corrected chi connectivity index (χ3v) is 5.10. The molecule has 0 unspecified atom stereocenters. The molecule has 2 heterocycles. The van der Waals surface area contributed by atoms with E-state index in [1.54, 1.807) is 12.1 Å². The smallest absolute Gasteiger partial charge is 0.284 e. The van der Waals surface area contributed by atoms with E-state index >= 15 is 0 Å². The first-order chi connectivity index (χ1) is 15.2. The van der Waals surface area contributed by atoms with Gasteiger partial charge in [-0.05, 0) is 47.2 Å². The minimum atomic E-state index is -0.801. The average Bonchev–Trinajstić information content (AvgIpc) is 3.26. The number of hydrogen-bond donors (Lipinski definition) is 1. The van der Waals surface area contributed by atoms with Crippen molar-refractivity contribution in [1.29, 1.82) is 0 Å². The predicted octanol–water partition coefficient (Wildman–Crippen LogP) is 5.04. The molecule has 1 aromatic heterocycles. The van der Waals surface area contributed by atoms with Gasteiger partial charge in [-0.1, -0.05) is 48.0 Å². The van der Waals surface area contributed by atoms with Crippen molar-refractivity contribution < 1.29 is 18.7 Å². The number of carbonyl (C=O) groups is 1. The number of amides is 1. The second-order valence-electron chi connectivity index (χ2n) is 7.01. The van der Waals surface area contributed by atoms with Gasteiger partial charge in [0.15, 0.2) is 11.5 Å². The van der Waals surface area contributed by atoms with Crippen molar-refractivity contribution in [2.75, 3.05) is 6.61 Å². The molecule has 1 amide bonds. The Morgan fingerprint density at radius 3 is 2.61 bits per heavy atom. The van der Waals surface area contributed by atoms with Gasteiger partial charge >= 0.3 is 0 Å². The Morgan fingerprint density at radius 2 is 1.81 bits per heavy atom. The van der Waals surface area contributed by atoms with Crippen LogP contribution >= 0.6 is 11.6 Å². The van der Waals surface area contributed by atoms with Crippen LogP contribution in [0.1, 0.15) is 5.76 Å². The molecule has 1 atom stereocenters. The van der Waals surface area contributed by atoms with Crippen molar-refractivity contribution in [2.45, 2.75) is 6.10 Å². The predicted molar refractivity (Wildman–Crippen MR) is 119 cm³/mol. The van der Waals surface area contributed by atoms with Crippen LogP contribution in [0.5, 0.6) is 11.5 Å². The summed E-state index contributed by atoms with van der Waals surface area (Å²) in [5.74, 6) is 1.90. The van der Waals surface area contributed by atoms with E-state index in [4.69, 9.17) is 25.5 Å². The Bertz CT molecular complexity index is 1300. The molecule has 3 aromatic carbocycles. The van der Waals surface area contributed by atoms with Crippen molar-refractivity contribution >= 4 is 34.5 Å². The highest BCUT2D eigenvalue weighted by atomic mass is 35.5. The first-order valence-corrected chi connectivity index (χ1v) is 10.0. The van der Waals surface area contributed by atoms with E-state index in [9.17, 15) is 4.79 Å². The van der Waals surface area contributed by atoms with Gasteiger partial charge in [-0.15, -0.1) is 0 Å². The number of fused-ring (bicyclic) bond motifs is 2. The maximum absolute atomic E-state index is 12.5. The summed E-state index contributed by atoms with van der Waals surface area (Å²) in [6.45, 7) is 0.104. The van der Waals surface area contributed by atoms with Gasteiger partial charge in [-0.3, -0.25) is 4.79 Å². The van der Waals surface area contributed by atoms with Crippen molar-refractivity contribution in [2.24, 2.45) is 5.10 Å². The van der Waals surface area contributed by atoms with E-state index in [1.165, 1.54) is 6.21 Å². The van der Waals surface area contributed by atoms with Gasteiger partial charge in [-0.2, -0.15) is 5.10 Å². The molecule has 1 aliphatic rings. The highest BCUT2D eigenvalue weighted by Gasteiger charge is 2.27. The summed E-state index contributed by atoms with van der Waals surface area (Å²) in [5, 5.41) is 6.65. The summed E-state index contributed by atoms with van der Waals surface area (Å²) in [6, 6.07) is 22.6. The van der Waals surface area contributed by atoms with Gasteiger partial charge in [0.2, 0.25) is 6.10 Å². The number of rotatable bonds is 4. The van der Waals surface area contributed by atoms with Crippen LogP contribution in [0.15, 0.2) is 82.3 Å². The van der Waals surface area contributed by atoms with Crippen LogP contribution in [0.2, 0.25) is 5.02 Å². The van der Waals surface area contributed by atoms with Crippen LogP contribution < -0.4 is 14.9 Å². The van der Waals surface area contributed by atoms with Crippen molar-refractivity contribution in [3.05, 3.63) is 83.6 Å². The molecular weight excluding hydrogens is 416 g/mol. The van der Waals surface area contributed by atoms with Gasteiger partial charge in [-0.25, -0.2) is 5.43 Å². The lowest BCUT2D eigenvalue weighted by Gasteiger charge is -2.25. The summed E-state index contributed by atoms with van der Waals surface area (Å²) >= 11 is 6.02. The first kappa shape index (κ1) is 19.2. The monoisotopic (exact) mass is 432 g/mol. The number of ether oxygens (including phenoxy) is 2. The standard InChI is InChI=1S/C24H17ClN2O4/c25-18-7-3-6-17(10-18)20-9-8-19(30-20)13-26-27-24(28)23-14-29-21-11-15-4-1-2-5-16(15)12-22(21)31-23/h1-13,23H,14H2,(H,27,28)/b26-13+/t23-/m1/s1. The third-order valence-electron chi connectivity index (χ3n) is 4.87. The maximum atomic E-state index is 12.5. The van der Waals surface area contributed by atoms with Crippen molar-refractivity contribution in [1.82, 2.24) is 5.43 Å². The van der Waals surface area contributed by atoms with Crippen LogP contribution in [0, 0.1) is 0 Å². The van der Waals surface area contributed by atoms with Crippen LogP contribution in [-0.2, 0) is 4.79 Å². The molecule has 0 saturated heterocycles. The quantitative estimate of drug-likeness (QED) is 0.362. The minimum Gasteiger partial charge on any atom is -0.485 e. The fraction of sp³-hybridized carbons (Fsp3) is 0.0833. The summed E-state index contributed by atoms with van der Waals surface area (Å²) in [7, 11) is 0. The van der Waals surface area contributed by atoms with Gasteiger partial charge in [0, 0.05) is 10.6 Å². The first-order valence-electron chi connectivity index (χ1n) is 9.67. The number of carbonyl (C=O) groups excluding carboxylic acids is 1. The molecule has 0 saturated carbocycles. The number of halogens is 1. The van der Waals surface area contributed by atoms with Crippen LogP contribution in [0.3, 0.4) is 0 Å². The summed E-state index contributed by atoms with van der Waals surface area (Å²) in [4.78, 5) is 12.5. The van der Waals surface area contributed by atoms with Gasteiger partial charge in [0.1, 0.15) is 18.1 Å². The number of nitrogens with zero attached hydrogens (tertiary/aromatic N) is 1. The highest BCUT2D eigenvalue weighted by Crippen LogP contribution is 2.35. The highest BCUT2D eigenvalue weighted by molar-refractivity contribution is 6.30. The lowest BCUT2D eigenvalue weighted by Crippen LogP contribution is -2.42. The van der Waals surface area contributed by atoms with E-state index in [2.05, 4.69) is 10.5 Å². The van der Waals surface area contributed by atoms with Crippen LogP contribution in [0.4, 0.5) is 0 Å². The molecule has 4 aromatic rings. The van der Waals surface area contributed by atoms with Crippen LogP contribution in [-0.4, -0.2) is 24.8 Å². The molecular formula is C24H17ClN2O4. The van der Waals surface area contributed by atoms with Gasteiger partial charge < -0.3 is 13.9 Å². The maximum Gasteiger partial charge on any atom is 0.284 e. The molecule has 7 heteroatoms. The molecule has 0 aliphatic carbocycles. The van der Waals surface area contributed by atoms with Gasteiger partial charge in [0.25, 0.3) is 5.91 Å². The second kappa shape index (κ2) is 8.16. The summed E-state index contributed by atoms with van der Waals surface area (Å²) < 4.78 is 17.3. The molecule has 5 rings (SSSR count). The molecule has 0 fully saturated rings.